The minimum atomic E-state index is -3.32. The summed E-state index contributed by atoms with van der Waals surface area (Å²) in [6.45, 7) is 4.54. The Labute approximate surface area is 130 Å². The second kappa shape index (κ2) is 9.78. The van der Waals surface area contributed by atoms with Gasteiger partial charge < -0.3 is 5.32 Å². The Morgan fingerprint density at radius 1 is 1.25 bits per heavy atom. The van der Waals surface area contributed by atoms with Crippen LogP contribution in [0.15, 0.2) is 16.3 Å². The average molecular weight is 337 g/mol. The Morgan fingerprint density at radius 3 is 2.75 bits per heavy atom. The molecule has 0 amide bonds. The van der Waals surface area contributed by atoms with Gasteiger partial charge >= 0.3 is 0 Å². The van der Waals surface area contributed by atoms with E-state index >= 15 is 0 Å². The zero-order valence-corrected chi connectivity index (χ0v) is 14.6. The minimum Gasteiger partial charge on any atom is -0.316 e. The highest BCUT2D eigenvalue weighted by Gasteiger charge is 2.15. The SMILES string of the molecule is CCCNCCc1ccc(S(=O)(=O)NCCCSC)s1. The van der Waals surface area contributed by atoms with Crippen LogP contribution in [0.5, 0.6) is 0 Å². The maximum atomic E-state index is 12.1. The topological polar surface area (TPSA) is 58.2 Å². The molecular formula is C13H24N2O2S3. The van der Waals surface area contributed by atoms with Crippen LogP contribution in [0.3, 0.4) is 0 Å². The summed E-state index contributed by atoms with van der Waals surface area (Å²) in [5, 5.41) is 3.32. The molecular weight excluding hydrogens is 312 g/mol. The Balaban J connectivity index is 2.44. The van der Waals surface area contributed by atoms with Crippen LogP contribution >= 0.6 is 23.1 Å². The normalized spacial score (nSPS) is 11.9. The van der Waals surface area contributed by atoms with Crippen molar-refractivity contribution < 1.29 is 8.42 Å². The molecule has 7 heteroatoms. The van der Waals surface area contributed by atoms with Gasteiger partial charge in [-0.2, -0.15) is 11.8 Å². The van der Waals surface area contributed by atoms with Crippen molar-refractivity contribution in [2.24, 2.45) is 0 Å². The van der Waals surface area contributed by atoms with Crippen molar-refractivity contribution in [3.8, 4) is 0 Å². The molecule has 0 fully saturated rings. The highest BCUT2D eigenvalue weighted by molar-refractivity contribution is 7.98. The maximum absolute atomic E-state index is 12.1. The zero-order chi connectivity index (χ0) is 14.8. The molecule has 1 rings (SSSR count). The van der Waals surface area contributed by atoms with E-state index in [1.165, 1.54) is 11.3 Å². The number of hydrogen-bond donors (Lipinski definition) is 2. The summed E-state index contributed by atoms with van der Waals surface area (Å²) in [5.41, 5.74) is 0. The Morgan fingerprint density at radius 2 is 2.05 bits per heavy atom. The Hall–Kier alpha value is -0.0800. The van der Waals surface area contributed by atoms with Crippen LogP contribution in [0, 0.1) is 0 Å². The van der Waals surface area contributed by atoms with E-state index in [-0.39, 0.29) is 0 Å². The molecule has 0 bridgehead atoms. The lowest BCUT2D eigenvalue weighted by Gasteiger charge is -2.03. The monoisotopic (exact) mass is 336 g/mol. The molecule has 1 heterocycles. The fraction of sp³-hybridized carbons (Fsp3) is 0.692. The van der Waals surface area contributed by atoms with Crippen LogP contribution < -0.4 is 10.0 Å². The highest BCUT2D eigenvalue weighted by atomic mass is 32.2. The first-order valence-electron chi connectivity index (χ1n) is 6.88. The third kappa shape index (κ3) is 6.58. The lowest BCUT2D eigenvalue weighted by atomic mass is 10.3. The summed E-state index contributed by atoms with van der Waals surface area (Å²) < 4.78 is 27.2. The zero-order valence-electron chi connectivity index (χ0n) is 12.1. The predicted molar refractivity (Wildman–Crippen MR) is 89.4 cm³/mol. The lowest BCUT2D eigenvalue weighted by molar-refractivity contribution is 0.583. The summed E-state index contributed by atoms with van der Waals surface area (Å²) in [5.74, 6) is 0.974. The van der Waals surface area contributed by atoms with E-state index in [0.717, 1.165) is 43.0 Å². The van der Waals surface area contributed by atoms with Gasteiger partial charge in [0.1, 0.15) is 4.21 Å². The van der Waals surface area contributed by atoms with Crippen molar-refractivity contribution in [2.45, 2.75) is 30.4 Å². The molecule has 0 saturated heterocycles. The smallest absolute Gasteiger partial charge is 0.250 e. The molecule has 0 spiro atoms. The Bertz CT molecular complexity index is 472. The summed E-state index contributed by atoms with van der Waals surface area (Å²) in [7, 11) is -3.32. The van der Waals surface area contributed by atoms with Crippen LogP contribution in [0.4, 0.5) is 0 Å². The molecule has 0 aliphatic heterocycles. The molecule has 0 radical (unpaired) electrons. The Kier molecular flexibility index (Phi) is 8.79. The summed E-state index contributed by atoms with van der Waals surface area (Å²) in [6.07, 6.45) is 4.88. The molecule has 4 nitrogen and oxygen atoms in total. The van der Waals surface area contributed by atoms with Gasteiger partial charge in [0.2, 0.25) is 10.0 Å². The molecule has 0 aliphatic rings. The van der Waals surface area contributed by atoms with E-state index < -0.39 is 10.0 Å². The third-order valence-electron chi connectivity index (χ3n) is 2.69. The second-order valence-corrected chi connectivity index (χ2v) is 8.61. The number of hydrogen-bond acceptors (Lipinski definition) is 5. The van der Waals surface area contributed by atoms with Gasteiger partial charge in [0, 0.05) is 11.4 Å². The first-order valence-corrected chi connectivity index (χ1v) is 10.6. The number of rotatable bonds is 11. The van der Waals surface area contributed by atoms with Crippen LogP contribution in [-0.2, 0) is 16.4 Å². The van der Waals surface area contributed by atoms with Gasteiger partial charge in [0.25, 0.3) is 0 Å². The van der Waals surface area contributed by atoms with Gasteiger partial charge in [0.05, 0.1) is 0 Å². The summed E-state index contributed by atoms with van der Waals surface area (Å²) >= 11 is 3.09. The quantitative estimate of drug-likeness (QED) is 0.609. The molecule has 0 aromatic carbocycles. The minimum absolute atomic E-state index is 0.423. The van der Waals surface area contributed by atoms with Gasteiger partial charge in [-0.1, -0.05) is 6.92 Å². The predicted octanol–water partition coefficient (Wildman–Crippen LogP) is 2.32. The van der Waals surface area contributed by atoms with Crippen molar-refractivity contribution in [3.63, 3.8) is 0 Å². The van der Waals surface area contributed by atoms with Gasteiger partial charge in [-0.15, -0.1) is 11.3 Å². The molecule has 0 atom stereocenters. The van der Waals surface area contributed by atoms with Crippen molar-refractivity contribution >= 4 is 33.1 Å². The molecule has 0 unspecified atom stereocenters. The molecule has 0 saturated carbocycles. The van der Waals surface area contributed by atoms with E-state index in [0.29, 0.717) is 10.8 Å². The van der Waals surface area contributed by atoms with Crippen LogP contribution in [0.2, 0.25) is 0 Å². The van der Waals surface area contributed by atoms with E-state index in [9.17, 15) is 8.42 Å². The average Bonchev–Trinajstić information content (AvgIpc) is 2.89. The van der Waals surface area contributed by atoms with E-state index in [4.69, 9.17) is 0 Å². The number of nitrogens with one attached hydrogen (secondary N) is 2. The van der Waals surface area contributed by atoms with E-state index in [1.54, 1.807) is 17.8 Å². The molecule has 0 aliphatic carbocycles. The van der Waals surface area contributed by atoms with Crippen molar-refractivity contribution in [3.05, 3.63) is 17.0 Å². The van der Waals surface area contributed by atoms with Gasteiger partial charge in [-0.3, -0.25) is 0 Å². The lowest BCUT2D eigenvalue weighted by Crippen LogP contribution is -2.24. The van der Waals surface area contributed by atoms with Crippen LogP contribution in [0.1, 0.15) is 24.6 Å². The van der Waals surface area contributed by atoms with Gasteiger partial charge in [-0.25, -0.2) is 13.1 Å². The fourth-order valence-electron chi connectivity index (χ4n) is 1.64. The molecule has 1 aromatic heterocycles. The molecule has 20 heavy (non-hydrogen) atoms. The first kappa shape index (κ1) is 18.0. The van der Waals surface area contributed by atoms with E-state index in [1.807, 2.05) is 12.3 Å². The van der Waals surface area contributed by atoms with Crippen LogP contribution in [0.25, 0.3) is 0 Å². The number of thioether (sulfide) groups is 1. The summed E-state index contributed by atoms with van der Waals surface area (Å²) in [4.78, 5) is 1.11. The highest BCUT2D eigenvalue weighted by Crippen LogP contribution is 2.21. The number of sulfonamides is 1. The maximum Gasteiger partial charge on any atom is 0.250 e. The van der Waals surface area contributed by atoms with Crippen molar-refractivity contribution in [1.82, 2.24) is 10.0 Å². The first-order chi connectivity index (χ1) is 9.60. The van der Waals surface area contributed by atoms with Crippen molar-refractivity contribution in [1.29, 1.82) is 0 Å². The molecule has 2 N–H and O–H groups in total. The molecule has 116 valence electrons. The second-order valence-electron chi connectivity index (χ2n) is 4.46. The molecule has 1 aromatic rings. The number of thiophene rings is 1. The van der Waals surface area contributed by atoms with E-state index in [2.05, 4.69) is 17.0 Å². The van der Waals surface area contributed by atoms with Crippen molar-refractivity contribution in [2.75, 3.05) is 31.6 Å². The van der Waals surface area contributed by atoms with Gasteiger partial charge in [-0.05, 0) is 56.5 Å². The van der Waals surface area contributed by atoms with Crippen LogP contribution in [-0.4, -0.2) is 40.1 Å². The third-order valence-corrected chi connectivity index (χ3v) is 6.49. The van der Waals surface area contributed by atoms with Gasteiger partial charge in [0.15, 0.2) is 0 Å². The largest absolute Gasteiger partial charge is 0.316 e. The summed E-state index contributed by atoms with van der Waals surface area (Å²) in [6, 6.07) is 3.62. The fourth-order valence-corrected chi connectivity index (χ4v) is 4.55. The standard InChI is InChI=1S/C13H24N2O2S3/c1-3-8-14-10-7-12-5-6-13(19-12)20(16,17)15-9-4-11-18-2/h5-6,14-15H,3-4,7-11H2,1-2H3.